The number of halogens is 2. The molecule has 0 bridgehead atoms. The summed E-state index contributed by atoms with van der Waals surface area (Å²) in [5, 5.41) is 15.8. The first kappa shape index (κ1) is 19.0. The largest absolute Gasteiger partial charge is 0.392 e. The Bertz CT molecular complexity index is 995. The summed E-state index contributed by atoms with van der Waals surface area (Å²) in [6.07, 6.45) is 0.341. The predicted molar refractivity (Wildman–Crippen MR) is 104 cm³/mol. The highest BCUT2D eigenvalue weighted by molar-refractivity contribution is 7.14. The van der Waals surface area contributed by atoms with Crippen molar-refractivity contribution in [1.29, 1.82) is 0 Å². The van der Waals surface area contributed by atoms with Gasteiger partial charge in [-0.05, 0) is 55.1 Å². The number of hydrogen-bond donors (Lipinski definition) is 4. The second-order valence-corrected chi connectivity index (χ2v) is 7.91. The molecule has 1 amide bonds. The molecule has 28 heavy (non-hydrogen) atoms. The van der Waals surface area contributed by atoms with Gasteiger partial charge in [0.1, 0.15) is 0 Å². The quantitative estimate of drug-likeness (QED) is 0.504. The van der Waals surface area contributed by atoms with Gasteiger partial charge in [0.05, 0.1) is 27.4 Å². The number of benzene rings is 1. The van der Waals surface area contributed by atoms with E-state index in [-0.39, 0.29) is 22.3 Å². The molecule has 1 saturated heterocycles. The Morgan fingerprint density at radius 1 is 1.36 bits per heavy atom. The first-order valence-corrected chi connectivity index (χ1v) is 9.90. The number of fused-ring (bicyclic) bond motifs is 1. The molecule has 1 aliphatic heterocycles. The number of thiophene rings is 1. The van der Waals surface area contributed by atoms with Crippen LogP contribution in [-0.2, 0) is 13.0 Å². The first-order chi connectivity index (χ1) is 13.5. The molecule has 1 fully saturated rings. The number of hydrogen-bond acceptors (Lipinski definition) is 5. The minimum atomic E-state index is -2.60. The van der Waals surface area contributed by atoms with E-state index in [4.69, 9.17) is 0 Å². The van der Waals surface area contributed by atoms with Crippen LogP contribution in [-0.4, -0.2) is 33.6 Å². The van der Waals surface area contributed by atoms with Crippen molar-refractivity contribution >= 4 is 34.2 Å². The maximum atomic E-state index is 12.7. The van der Waals surface area contributed by atoms with Crippen molar-refractivity contribution in [3.05, 3.63) is 45.1 Å². The van der Waals surface area contributed by atoms with Crippen molar-refractivity contribution < 1.29 is 18.7 Å². The topological polar surface area (TPSA) is 90.0 Å². The molecule has 0 spiro atoms. The Morgan fingerprint density at radius 3 is 2.89 bits per heavy atom. The zero-order valence-corrected chi connectivity index (χ0v) is 15.8. The van der Waals surface area contributed by atoms with Crippen LogP contribution in [0.15, 0.2) is 24.3 Å². The lowest BCUT2D eigenvalue weighted by atomic mass is 9.98. The van der Waals surface area contributed by atoms with Crippen LogP contribution in [0.25, 0.3) is 11.0 Å². The van der Waals surface area contributed by atoms with Gasteiger partial charge in [0.25, 0.3) is 12.3 Å². The number of anilines is 1. The summed E-state index contributed by atoms with van der Waals surface area (Å²) >= 11 is 0.761. The molecule has 6 nitrogen and oxygen atoms in total. The molecule has 4 N–H and O–H groups in total. The molecule has 0 radical (unpaired) electrons. The summed E-state index contributed by atoms with van der Waals surface area (Å²) < 4.78 is 25.5. The zero-order valence-electron chi connectivity index (χ0n) is 15.0. The van der Waals surface area contributed by atoms with Gasteiger partial charge < -0.3 is 15.4 Å². The van der Waals surface area contributed by atoms with Crippen molar-refractivity contribution in [2.75, 3.05) is 11.9 Å². The summed E-state index contributed by atoms with van der Waals surface area (Å²) in [5.41, 5.74) is 3.22. The Hall–Kier alpha value is -2.36. The predicted octanol–water partition coefficient (Wildman–Crippen LogP) is 3.60. The van der Waals surface area contributed by atoms with E-state index in [1.807, 2.05) is 12.1 Å². The number of H-pyrrole nitrogens is 1. The second-order valence-electron chi connectivity index (χ2n) is 6.80. The smallest absolute Gasteiger partial charge is 0.272 e. The summed E-state index contributed by atoms with van der Waals surface area (Å²) in [7, 11) is 0. The number of aliphatic hydroxyl groups excluding tert-OH is 1. The fourth-order valence-corrected chi connectivity index (χ4v) is 4.31. The number of aromatic amines is 1. The Labute approximate surface area is 164 Å². The molecular formula is C19H20F2N4O2S. The van der Waals surface area contributed by atoms with Gasteiger partial charge in [-0.2, -0.15) is 0 Å². The van der Waals surface area contributed by atoms with Gasteiger partial charge in [-0.15, -0.1) is 11.3 Å². The molecule has 4 rings (SSSR count). The minimum Gasteiger partial charge on any atom is -0.392 e. The maximum Gasteiger partial charge on any atom is 0.272 e. The van der Waals surface area contributed by atoms with Crippen LogP contribution in [0, 0.1) is 0 Å². The number of nitrogens with zero attached hydrogens (tertiary/aromatic N) is 1. The van der Waals surface area contributed by atoms with Crippen molar-refractivity contribution in [2.45, 2.75) is 38.3 Å². The maximum absolute atomic E-state index is 12.7. The van der Waals surface area contributed by atoms with Gasteiger partial charge in [0.15, 0.2) is 0 Å². The van der Waals surface area contributed by atoms with E-state index < -0.39 is 12.3 Å². The molecule has 2 aromatic heterocycles. The van der Waals surface area contributed by atoms with Gasteiger partial charge in [0, 0.05) is 6.04 Å². The van der Waals surface area contributed by atoms with Crippen molar-refractivity contribution in [2.24, 2.45) is 0 Å². The van der Waals surface area contributed by atoms with Gasteiger partial charge in [-0.3, -0.25) is 10.1 Å². The molecule has 148 valence electrons. The van der Waals surface area contributed by atoms with E-state index in [0.29, 0.717) is 11.6 Å². The third kappa shape index (κ3) is 3.78. The van der Waals surface area contributed by atoms with Crippen molar-refractivity contribution in [3.63, 3.8) is 0 Å². The fourth-order valence-electron chi connectivity index (χ4n) is 3.55. The number of nitrogens with one attached hydrogen (secondary N) is 3. The van der Waals surface area contributed by atoms with Crippen LogP contribution in [0.5, 0.6) is 0 Å². The molecule has 0 aliphatic carbocycles. The van der Waals surface area contributed by atoms with Gasteiger partial charge in [-0.25, -0.2) is 13.8 Å². The minimum absolute atomic E-state index is 0.0852. The van der Waals surface area contributed by atoms with Crippen LogP contribution in [0.2, 0.25) is 0 Å². The monoisotopic (exact) mass is 406 g/mol. The molecule has 1 atom stereocenters. The summed E-state index contributed by atoms with van der Waals surface area (Å²) in [6.45, 7) is 0.899. The molecule has 0 saturated carbocycles. The third-order valence-corrected chi connectivity index (χ3v) is 6.03. The SMILES string of the molecule is O=C(Nc1nc2c(C[C@H]3CCCN3)c(CO)ccc2[nH]1)c1ccc(C(F)F)s1. The van der Waals surface area contributed by atoms with Crippen LogP contribution in [0.1, 0.15) is 44.9 Å². The lowest BCUT2D eigenvalue weighted by Crippen LogP contribution is -2.24. The number of aromatic nitrogens is 2. The van der Waals surface area contributed by atoms with E-state index >= 15 is 0 Å². The highest BCUT2D eigenvalue weighted by atomic mass is 32.1. The Balaban J connectivity index is 1.60. The second kappa shape index (κ2) is 7.94. The fraction of sp³-hybridized carbons (Fsp3) is 0.368. The van der Waals surface area contributed by atoms with Crippen LogP contribution in [0.4, 0.5) is 14.7 Å². The van der Waals surface area contributed by atoms with Crippen LogP contribution >= 0.6 is 11.3 Å². The normalized spacial score (nSPS) is 16.9. The first-order valence-electron chi connectivity index (χ1n) is 9.09. The number of rotatable bonds is 6. The van der Waals surface area contributed by atoms with E-state index in [1.54, 1.807) is 0 Å². The third-order valence-electron chi connectivity index (χ3n) is 4.94. The highest BCUT2D eigenvalue weighted by Crippen LogP contribution is 2.28. The molecule has 1 aromatic carbocycles. The summed E-state index contributed by atoms with van der Waals surface area (Å²) in [5.74, 6) is -0.236. The van der Waals surface area contributed by atoms with Gasteiger partial charge in [-0.1, -0.05) is 6.07 Å². The van der Waals surface area contributed by atoms with E-state index in [2.05, 4.69) is 20.6 Å². The van der Waals surface area contributed by atoms with E-state index in [0.717, 1.165) is 53.8 Å². The average Bonchev–Trinajstić information content (AvgIpc) is 3.42. The zero-order chi connectivity index (χ0) is 19.7. The molecule has 3 aromatic rings. The van der Waals surface area contributed by atoms with E-state index in [1.165, 1.54) is 12.1 Å². The summed E-state index contributed by atoms with van der Waals surface area (Å²) in [6, 6.07) is 6.64. The van der Waals surface area contributed by atoms with Gasteiger partial charge >= 0.3 is 0 Å². The molecule has 9 heteroatoms. The molecule has 1 aliphatic rings. The number of carbonyl (C=O) groups is 1. The van der Waals surface area contributed by atoms with Crippen molar-refractivity contribution in [3.8, 4) is 0 Å². The Morgan fingerprint density at radius 2 is 2.21 bits per heavy atom. The molecule has 3 heterocycles. The standard InChI is InChI=1S/C19H20F2N4O2S/c20-17(21)14-5-6-15(28-14)18(27)25-19-23-13-4-3-10(9-26)12(16(13)24-19)8-11-2-1-7-22-11/h3-6,11,17,22,26H,1-2,7-9H2,(H2,23,24,25,27)/t11-/m1/s1. The van der Waals surface area contributed by atoms with Crippen LogP contribution in [0.3, 0.4) is 0 Å². The average molecular weight is 406 g/mol. The lowest BCUT2D eigenvalue weighted by molar-refractivity contribution is 0.103. The molecular weight excluding hydrogens is 386 g/mol. The Kier molecular flexibility index (Phi) is 5.38. The number of carbonyl (C=O) groups excluding carboxylic acids is 1. The van der Waals surface area contributed by atoms with Gasteiger partial charge in [0.2, 0.25) is 5.95 Å². The highest BCUT2D eigenvalue weighted by Gasteiger charge is 2.20. The molecule has 0 unspecified atom stereocenters. The number of amides is 1. The number of imidazole rings is 1. The van der Waals surface area contributed by atoms with Crippen LogP contribution < -0.4 is 10.6 Å². The van der Waals surface area contributed by atoms with Crippen molar-refractivity contribution in [1.82, 2.24) is 15.3 Å². The summed E-state index contributed by atoms with van der Waals surface area (Å²) in [4.78, 5) is 20.0. The number of alkyl halides is 2. The number of aliphatic hydroxyl groups is 1. The van der Waals surface area contributed by atoms with E-state index in [9.17, 15) is 18.7 Å². The lowest BCUT2D eigenvalue weighted by Gasteiger charge is -2.13.